The molecule has 0 bridgehead atoms. The highest BCUT2D eigenvalue weighted by molar-refractivity contribution is 5.95. The molecule has 8 nitrogen and oxygen atoms in total. The quantitative estimate of drug-likeness (QED) is 0.356. The molecule has 182 valence electrons. The van der Waals surface area contributed by atoms with Crippen LogP contribution in [-0.4, -0.2) is 43.1 Å². The number of hydrogen-bond acceptors (Lipinski definition) is 6. The second kappa shape index (κ2) is 9.96. The number of hydrogen-bond donors (Lipinski definition) is 0. The second-order valence-electron chi connectivity index (χ2n) is 7.83. The van der Waals surface area contributed by atoms with Crippen LogP contribution in [0.1, 0.15) is 27.5 Å². The van der Waals surface area contributed by atoms with Gasteiger partial charge in [-0.25, -0.2) is 8.78 Å². The monoisotopic (exact) mass is 484 g/mol. The third kappa shape index (κ3) is 4.72. The van der Waals surface area contributed by atoms with E-state index in [4.69, 9.17) is 14.2 Å². The van der Waals surface area contributed by atoms with Crippen LogP contribution in [0.4, 0.5) is 14.5 Å². The van der Waals surface area contributed by atoms with Gasteiger partial charge in [-0.15, -0.1) is 0 Å². The zero-order chi connectivity index (χ0) is 25.1. The molecule has 10 heteroatoms. The predicted octanol–water partition coefficient (Wildman–Crippen LogP) is 4.71. The van der Waals surface area contributed by atoms with Gasteiger partial charge in [0.2, 0.25) is 0 Å². The Bertz CT molecular complexity index is 1250. The highest BCUT2D eigenvalue weighted by Crippen LogP contribution is 2.39. The molecule has 1 atom stereocenters. The first-order valence-corrected chi connectivity index (χ1v) is 10.7. The number of halogens is 2. The number of rotatable bonds is 7. The fourth-order valence-corrected chi connectivity index (χ4v) is 4.14. The van der Waals surface area contributed by atoms with Gasteiger partial charge >= 0.3 is 0 Å². The fourth-order valence-electron chi connectivity index (χ4n) is 4.14. The molecule has 1 aliphatic rings. The summed E-state index contributed by atoms with van der Waals surface area (Å²) in [5.74, 6) is -1.43. The van der Waals surface area contributed by atoms with E-state index in [0.717, 1.165) is 17.7 Å². The van der Waals surface area contributed by atoms with Crippen molar-refractivity contribution in [3.05, 3.63) is 93.0 Å². The average Bonchev–Trinajstić information content (AvgIpc) is 2.86. The summed E-state index contributed by atoms with van der Waals surface area (Å²) < 4.78 is 45.5. The summed E-state index contributed by atoms with van der Waals surface area (Å²) in [4.78, 5) is 25.1. The summed E-state index contributed by atoms with van der Waals surface area (Å²) >= 11 is 0. The number of nitro benzene ring substituents is 1. The first-order valence-electron chi connectivity index (χ1n) is 10.7. The number of amides is 1. The van der Waals surface area contributed by atoms with Crippen molar-refractivity contribution in [1.82, 2.24) is 4.90 Å². The minimum absolute atomic E-state index is 0.0674. The van der Waals surface area contributed by atoms with Gasteiger partial charge in [0.05, 0.1) is 25.2 Å². The van der Waals surface area contributed by atoms with E-state index >= 15 is 0 Å². The van der Waals surface area contributed by atoms with Gasteiger partial charge < -0.3 is 19.1 Å². The number of non-ortho nitro benzene ring substituents is 1. The molecule has 0 aromatic heterocycles. The van der Waals surface area contributed by atoms with Crippen LogP contribution in [0.25, 0.3) is 0 Å². The number of fused-ring (bicyclic) bond motifs is 1. The number of carbonyl (C=O) groups is 1. The summed E-state index contributed by atoms with van der Waals surface area (Å²) in [6.07, 6.45) is 0.422. The molecular weight excluding hydrogens is 462 g/mol. The van der Waals surface area contributed by atoms with Crippen LogP contribution in [0, 0.1) is 21.7 Å². The van der Waals surface area contributed by atoms with Crippen LogP contribution in [0.15, 0.2) is 54.6 Å². The smallest absolute Gasteiger partial charge is 0.269 e. The van der Waals surface area contributed by atoms with Crippen molar-refractivity contribution in [1.29, 1.82) is 0 Å². The van der Waals surface area contributed by atoms with Crippen molar-refractivity contribution in [3.8, 4) is 17.2 Å². The van der Waals surface area contributed by atoms with Crippen LogP contribution in [0.5, 0.6) is 17.2 Å². The zero-order valence-corrected chi connectivity index (χ0v) is 19.0. The Balaban J connectivity index is 1.72. The lowest BCUT2D eigenvalue weighted by Gasteiger charge is -2.37. The van der Waals surface area contributed by atoms with Crippen LogP contribution < -0.4 is 14.2 Å². The van der Waals surface area contributed by atoms with Gasteiger partial charge in [0.25, 0.3) is 11.6 Å². The number of nitrogens with zero attached hydrogens (tertiary/aromatic N) is 2. The molecule has 0 N–H and O–H groups in total. The Morgan fingerprint density at radius 3 is 2.29 bits per heavy atom. The lowest BCUT2D eigenvalue weighted by atomic mass is 9.91. The van der Waals surface area contributed by atoms with E-state index in [2.05, 4.69) is 0 Å². The van der Waals surface area contributed by atoms with Crippen LogP contribution in [0.3, 0.4) is 0 Å². The van der Waals surface area contributed by atoms with Crippen LogP contribution in [0.2, 0.25) is 0 Å². The summed E-state index contributed by atoms with van der Waals surface area (Å²) in [5.41, 5.74) is 0.819. The Hall–Kier alpha value is -4.21. The number of carbonyl (C=O) groups excluding carboxylic acids is 1. The minimum Gasteiger partial charge on any atom is -0.493 e. The molecule has 3 aromatic carbocycles. The van der Waals surface area contributed by atoms with E-state index in [0.29, 0.717) is 29.2 Å². The largest absolute Gasteiger partial charge is 0.493 e. The van der Waals surface area contributed by atoms with Crippen molar-refractivity contribution >= 4 is 11.6 Å². The molecule has 4 rings (SSSR count). The summed E-state index contributed by atoms with van der Waals surface area (Å²) in [6.45, 7) is 0.117. The molecule has 35 heavy (non-hydrogen) atoms. The Labute approximate surface area is 199 Å². The lowest BCUT2D eigenvalue weighted by molar-refractivity contribution is -0.384. The molecule has 3 aromatic rings. The molecule has 0 saturated heterocycles. The van der Waals surface area contributed by atoms with Crippen molar-refractivity contribution in [2.75, 3.05) is 27.4 Å². The third-order valence-electron chi connectivity index (χ3n) is 5.90. The third-order valence-corrected chi connectivity index (χ3v) is 5.90. The lowest BCUT2D eigenvalue weighted by Crippen LogP contribution is -2.43. The molecule has 0 spiro atoms. The summed E-state index contributed by atoms with van der Waals surface area (Å²) in [7, 11) is 2.99. The number of benzene rings is 3. The Morgan fingerprint density at radius 2 is 1.69 bits per heavy atom. The molecule has 1 heterocycles. The Morgan fingerprint density at radius 1 is 1.06 bits per heavy atom. The summed E-state index contributed by atoms with van der Waals surface area (Å²) in [6, 6.07) is 11.5. The molecule has 1 amide bonds. The van der Waals surface area contributed by atoms with E-state index in [1.54, 1.807) is 12.1 Å². The molecule has 0 unspecified atom stereocenters. The second-order valence-corrected chi connectivity index (χ2v) is 7.83. The minimum atomic E-state index is -0.955. The first-order chi connectivity index (χ1) is 16.8. The Kier molecular flexibility index (Phi) is 6.81. The fraction of sp³-hybridized carbons (Fsp3) is 0.240. The van der Waals surface area contributed by atoms with Crippen molar-refractivity contribution in [3.63, 3.8) is 0 Å². The van der Waals surface area contributed by atoms with Gasteiger partial charge in [-0.2, -0.15) is 0 Å². The molecule has 0 radical (unpaired) electrons. The maximum Gasteiger partial charge on any atom is 0.269 e. The van der Waals surface area contributed by atoms with Gasteiger partial charge in [-0.05, 0) is 53.9 Å². The zero-order valence-electron chi connectivity index (χ0n) is 19.0. The molecular formula is C25H22F2N2O6. The molecule has 0 aliphatic carbocycles. The maximum atomic E-state index is 14.4. The maximum absolute atomic E-state index is 14.4. The summed E-state index contributed by atoms with van der Waals surface area (Å²) in [5, 5.41) is 10.9. The van der Waals surface area contributed by atoms with Gasteiger partial charge in [-0.1, -0.05) is 6.07 Å². The van der Waals surface area contributed by atoms with Gasteiger partial charge in [-0.3, -0.25) is 14.9 Å². The van der Waals surface area contributed by atoms with E-state index in [1.165, 1.54) is 49.5 Å². The molecule has 1 aliphatic heterocycles. The number of ether oxygens (including phenoxy) is 3. The van der Waals surface area contributed by atoms with E-state index in [9.17, 15) is 23.7 Å². The average molecular weight is 484 g/mol. The molecule has 0 fully saturated rings. The normalized spacial score (nSPS) is 14.7. The SMILES string of the molecule is COc1cc2c(cc1OC)[C@H](COc1ccc([N+](=O)[O-])cc1)N(C(=O)c1c(F)cccc1F)CC2. The van der Waals surface area contributed by atoms with Gasteiger partial charge in [0.15, 0.2) is 11.5 Å². The standard InChI is InChI=1S/C25H22F2N2O6/c1-33-22-12-15-10-11-28(25(30)24-19(26)4-3-5-20(24)27)21(18(15)13-23(22)34-2)14-35-17-8-6-16(7-9-17)29(31)32/h3-9,12-13,21H,10-11,14H2,1-2H3/t21-/m0/s1. The van der Waals surface area contributed by atoms with Gasteiger partial charge in [0, 0.05) is 18.7 Å². The van der Waals surface area contributed by atoms with E-state index in [1.807, 2.05) is 0 Å². The first kappa shape index (κ1) is 23.9. The van der Waals surface area contributed by atoms with Gasteiger partial charge in [0.1, 0.15) is 29.6 Å². The number of nitro groups is 1. The van der Waals surface area contributed by atoms with Crippen molar-refractivity contribution in [2.24, 2.45) is 0 Å². The van der Waals surface area contributed by atoms with Crippen molar-refractivity contribution in [2.45, 2.75) is 12.5 Å². The topological polar surface area (TPSA) is 91.1 Å². The van der Waals surface area contributed by atoms with Crippen LogP contribution in [-0.2, 0) is 6.42 Å². The van der Waals surface area contributed by atoms with Crippen LogP contribution >= 0.6 is 0 Å². The van der Waals surface area contributed by atoms with E-state index < -0.39 is 34.1 Å². The highest BCUT2D eigenvalue weighted by Gasteiger charge is 2.35. The number of methoxy groups -OCH3 is 2. The highest BCUT2D eigenvalue weighted by atomic mass is 19.1. The predicted molar refractivity (Wildman–Crippen MR) is 122 cm³/mol. The van der Waals surface area contributed by atoms with E-state index in [-0.39, 0.29) is 18.8 Å². The van der Waals surface area contributed by atoms with Crippen molar-refractivity contribution < 1.29 is 32.7 Å². The molecule has 0 saturated carbocycles.